The van der Waals surface area contributed by atoms with Gasteiger partial charge in [0.15, 0.2) is 24.1 Å². The minimum atomic E-state index is -6.00. The van der Waals surface area contributed by atoms with Gasteiger partial charge in [0.05, 0.1) is 42.3 Å². The molecule has 47 heavy (non-hydrogen) atoms. The smallest absolute Gasteiger partial charge is 0.418 e. The van der Waals surface area contributed by atoms with E-state index in [2.05, 4.69) is 54.8 Å². The van der Waals surface area contributed by atoms with Crippen LogP contribution in [0, 0.1) is 0 Å². The highest BCUT2D eigenvalue weighted by atomic mass is 32.2. The predicted octanol–water partition coefficient (Wildman–Crippen LogP) is 10.5. The lowest BCUT2D eigenvalue weighted by Gasteiger charge is -2.16. The minimum absolute atomic E-state index is 0.0462. The first-order valence-corrected chi connectivity index (χ1v) is 17.7. The highest BCUT2D eigenvalue weighted by Gasteiger charge is 2.35. The lowest BCUT2D eigenvalue weighted by Crippen LogP contribution is -2.14. The van der Waals surface area contributed by atoms with Gasteiger partial charge in [-0.25, -0.2) is 4.21 Å². The van der Waals surface area contributed by atoms with Crippen LogP contribution >= 0.6 is 10.5 Å². The summed E-state index contributed by atoms with van der Waals surface area (Å²) in [5.74, 6) is 0. The molecule has 244 valence electrons. The molecule has 1 aliphatic rings. The van der Waals surface area contributed by atoms with E-state index in [0.717, 1.165) is 30.0 Å². The van der Waals surface area contributed by atoms with Crippen molar-refractivity contribution in [1.82, 2.24) is 0 Å². The number of fused-ring (bicyclic) bond motifs is 4. The molecule has 0 spiro atoms. The van der Waals surface area contributed by atoms with Gasteiger partial charge in [0, 0.05) is 10.5 Å². The van der Waals surface area contributed by atoms with Crippen LogP contribution in [0.3, 0.4) is 0 Å². The van der Waals surface area contributed by atoms with Crippen LogP contribution in [-0.4, -0.2) is 25.0 Å². The Kier molecular flexibility index (Phi) is 11.7. The summed E-state index contributed by atoms with van der Waals surface area (Å²) in [5, 5.41) is 1.67. The van der Waals surface area contributed by atoms with Gasteiger partial charge in [-0.2, -0.15) is 0 Å². The van der Waals surface area contributed by atoms with E-state index in [-0.39, 0.29) is 26.8 Å². The molecular weight excluding hydrogens is 686 g/mol. The standard InChI is InChI=1S/C19H13OS.C13H11OS2.2BF4/c20-19-15-10-4-6-12-17(15)21(14-8-2-1-3-9-14)18-13-7-5-11-16(18)19;1-15-10-6-2-4-8-12(10)16(14)13-9-5-3-7-11(13)15;2*2-1(3,4)5/h1-13H;2-9H,1H3;;/q2*+1;2*-1. The Morgan fingerprint density at radius 2 is 0.851 bits per heavy atom. The summed E-state index contributed by atoms with van der Waals surface area (Å²) in [4.78, 5) is 18.3. The maximum absolute atomic E-state index is 12.7. The molecular formula is C32H24B2F8O2S3. The molecule has 0 unspecified atom stereocenters. The van der Waals surface area contributed by atoms with Gasteiger partial charge < -0.3 is 34.5 Å². The predicted molar refractivity (Wildman–Crippen MR) is 179 cm³/mol. The number of halogens is 8. The van der Waals surface area contributed by atoms with E-state index >= 15 is 0 Å². The Balaban J connectivity index is 0.000000169. The third kappa shape index (κ3) is 9.55. The molecule has 5 aromatic carbocycles. The molecule has 0 aliphatic carbocycles. The number of hydrogen-bond acceptors (Lipinski definition) is 2. The zero-order valence-corrected chi connectivity index (χ0v) is 26.8. The Labute approximate surface area is 273 Å². The summed E-state index contributed by atoms with van der Waals surface area (Å²) < 4.78 is 92.6. The van der Waals surface area contributed by atoms with Gasteiger partial charge in [0.1, 0.15) is 6.26 Å². The van der Waals surface area contributed by atoms with E-state index in [1.165, 1.54) is 14.7 Å². The van der Waals surface area contributed by atoms with E-state index in [4.69, 9.17) is 0 Å². The second-order valence-corrected chi connectivity index (χ2v) is 14.9. The quantitative estimate of drug-likeness (QED) is 0.0737. The summed E-state index contributed by atoms with van der Waals surface area (Å²) in [6, 6.07) is 42.5. The average molecular weight is 710 g/mol. The second-order valence-electron chi connectivity index (χ2n) is 9.60. The Morgan fingerprint density at radius 3 is 1.28 bits per heavy atom. The van der Waals surface area contributed by atoms with E-state index in [0.29, 0.717) is 0 Å². The molecule has 0 N–H and O–H groups in total. The van der Waals surface area contributed by atoms with Gasteiger partial charge in [0.25, 0.3) is 0 Å². The van der Waals surface area contributed by atoms with E-state index in [9.17, 15) is 43.5 Å². The molecule has 2 heterocycles. The second kappa shape index (κ2) is 15.3. The summed E-state index contributed by atoms with van der Waals surface area (Å²) in [6.07, 6.45) is 2.20. The first-order chi connectivity index (χ1) is 22.1. The summed E-state index contributed by atoms with van der Waals surface area (Å²) in [5.41, 5.74) is 0.140. The van der Waals surface area contributed by atoms with Crippen molar-refractivity contribution in [3.8, 4) is 4.90 Å². The topological polar surface area (TPSA) is 34.1 Å². The lowest BCUT2D eigenvalue weighted by molar-refractivity contribution is 0.366. The third-order valence-corrected chi connectivity index (χ3v) is 12.6. The molecule has 0 saturated carbocycles. The monoisotopic (exact) mass is 710 g/mol. The Bertz CT molecular complexity index is 1940. The first-order valence-electron chi connectivity index (χ1n) is 13.7. The molecule has 15 heteroatoms. The van der Waals surface area contributed by atoms with Crippen molar-refractivity contribution in [2.24, 2.45) is 0 Å². The molecule has 0 saturated heterocycles. The van der Waals surface area contributed by atoms with Crippen molar-refractivity contribution in [3.63, 3.8) is 0 Å². The summed E-state index contributed by atoms with van der Waals surface area (Å²) >= 11 is 0. The van der Waals surface area contributed by atoms with Crippen LogP contribution in [0.2, 0.25) is 0 Å². The molecule has 6 aromatic rings. The molecule has 7 rings (SSSR count). The van der Waals surface area contributed by atoms with Crippen molar-refractivity contribution >= 4 is 66.8 Å². The number of rotatable bonds is 1. The molecule has 0 radical (unpaired) electrons. The number of benzene rings is 5. The van der Waals surface area contributed by atoms with Gasteiger partial charge in [-0.3, -0.25) is 4.79 Å². The zero-order valence-electron chi connectivity index (χ0n) is 24.3. The summed E-state index contributed by atoms with van der Waals surface area (Å²) in [7, 11) is -13.2. The van der Waals surface area contributed by atoms with Gasteiger partial charge in [-0.05, 0) is 60.7 Å². The molecule has 1 aromatic heterocycles. The van der Waals surface area contributed by atoms with Crippen molar-refractivity contribution in [1.29, 1.82) is 0 Å². The largest absolute Gasteiger partial charge is 0.673 e. The van der Waals surface area contributed by atoms with E-state index in [1.807, 2.05) is 78.9 Å². The maximum Gasteiger partial charge on any atom is 0.673 e. The number of hydrogen-bond donors (Lipinski definition) is 0. The van der Waals surface area contributed by atoms with Crippen molar-refractivity contribution < 1.29 is 38.7 Å². The van der Waals surface area contributed by atoms with E-state index in [1.54, 1.807) is 0 Å². The third-order valence-electron chi connectivity index (χ3n) is 6.44. The molecule has 2 nitrogen and oxygen atoms in total. The van der Waals surface area contributed by atoms with Crippen LogP contribution < -0.4 is 5.43 Å². The molecule has 0 amide bonds. The molecule has 0 atom stereocenters. The maximum atomic E-state index is 12.7. The summed E-state index contributed by atoms with van der Waals surface area (Å²) in [6.45, 7) is 0. The molecule has 1 aliphatic heterocycles. The van der Waals surface area contributed by atoms with Crippen LogP contribution in [0.1, 0.15) is 0 Å². The van der Waals surface area contributed by atoms with Crippen molar-refractivity contribution in [3.05, 3.63) is 138 Å². The van der Waals surface area contributed by atoms with Crippen LogP contribution in [0.25, 0.3) is 25.1 Å². The van der Waals surface area contributed by atoms with Crippen LogP contribution in [0.5, 0.6) is 0 Å². The first kappa shape index (κ1) is 35.9. The van der Waals surface area contributed by atoms with Gasteiger partial charge in [0.2, 0.25) is 5.43 Å². The minimum Gasteiger partial charge on any atom is -0.418 e. The van der Waals surface area contributed by atoms with Gasteiger partial charge in [-0.15, -0.1) is 0 Å². The zero-order chi connectivity index (χ0) is 34.4. The highest BCUT2D eigenvalue weighted by Crippen LogP contribution is 2.42. The molecule has 0 fully saturated rings. The average Bonchev–Trinajstić information content (AvgIpc) is 3.03. The Morgan fingerprint density at radius 1 is 0.511 bits per heavy atom. The van der Waals surface area contributed by atoms with Crippen LogP contribution in [-0.2, 0) is 21.7 Å². The van der Waals surface area contributed by atoms with Crippen molar-refractivity contribution in [2.75, 3.05) is 6.26 Å². The fraction of sp³-hybridized carbons (Fsp3) is 0.0312. The molecule has 0 bridgehead atoms. The normalized spacial score (nSPS) is 15.1. The van der Waals surface area contributed by atoms with Gasteiger partial charge in [-0.1, -0.05) is 66.7 Å². The van der Waals surface area contributed by atoms with E-state index < -0.39 is 25.3 Å². The fourth-order valence-electron chi connectivity index (χ4n) is 4.69. The lowest BCUT2D eigenvalue weighted by atomic mass is 10.2. The van der Waals surface area contributed by atoms with Gasteiger partial charge >= 0.3 is 14.5 Å². The van der Waals surface area contributed by atoms with Crippen LogP contribution in [0.4, 0.5) is 34.5 Å². The van der Waals surface area contributed by atoms with Crippen molar-refractivity contribution in [2.45, 2.75) is 19.6 Å². The van der Waals surface area contributed by atoms with Crippen LogP contribution in [0.15, 0.2) is 152 Å². The Hall–Kier alpha value is -3.94. The highest BCUT2D eigenvalue weighted by molar-refractivity contribution is 7.98. The SMILES string of the molecule is C[S+]1c2ccccc2S(=O)c2ccccc21.F[B-](F)(F)F.F[B-](F)(F)F.O=c1c2ccccc2[s+](-c2ccccc2)c2ccccc12. The fourth-order valence-corrected chi connectivity index (χ4v) is 10.9.